The van der Waals surface area contributed by atoms with E-state index in [1.807, 2.05) is 0 Å². The molecular formula is C23H16F3NO3. The van der Waals surface area contributed by atoms with Crippen LogP contribution in [0.5, 0.6) is 0 Å². The Morgan fingerprint density at radius 1 is 0.900 bits per heavy atom. The first-order valence-corrected chi connectivity index (χ1v) is 9.07. The predicted octanol–water partition coefficient (Wildman–Crippen LogP) is 5.44. The zero-order valence-corrected chi connectivity index (χ0v) is 16.1. The number of fused-ring (bicyclic) bond motifs is 3. The molecule has 152 valence electrons. The van der Waals surface area contributed by atoms with Gasteiger partial charge in [0.1, 0.15) is 11.3 Å². The second kappa shape index (κ2) is 7.02. The molecule has 0 atom stereocenters. The van der Waals surface area contributed by atoms with E-state index in [2.05, 4.69) is 4.74 Å². The molecule has 0 amide bonds. The quantitative estimate of drug-likeness (QED) is 0.333. The Morgan fingerprint density at radius 3 is 2.30 bits per heavy atom. The molecular weight excluding hydrogens is 395 g/mol. The van der Waals surface area contributed by atoms with E-state index < -0.39 is 29.2 Å². The van der Waals surface area contributed by atoms with E-state index in [9.17, 15) is 22.8 Å². The molecule has 0 saturated heterocycles. The van der Waals surface area contributed by atoms with Crippen LogP contribution in [-0.2, 0) is 10.9 Å². The maximum atomic E-state index is 14.2. The van der Waals surface area contributed by atoms with Crippen molar-refractivity contribution < 1.29 is 27.5 Å². The summed E-state index contributed by atoms with van der Waals surface area (Å²) in [7, 11) is 0.990. The van der Waals surface area contributed by atoms with Crippen LogP contribution in [0.15, 0.2) is 60.7 Å². The third kappa shape index (κ3) is 3.03. The first-order chi connectivity index (χ1) is 14.2. The fraction of sp³-hybridized carbons (Fsp3) is 0.130. The Balaban J connectivity index is 2.20. The Hall–Kier alpha value is -3.61. The monoisotopic (exact) mass is 411 g/mol. The summed E-state index contributed by atoms with van der Waals surface area (Å²) in [5, 5.41) is 0.538. The highest BCUT2D eigenvalue weighted by atomic mass is 19.4. The Bertz CT molecular complexity index is 1320. The molecule has 7 heteroatoms. The number of rotatable bonds is 3. The molecule has 4 rings (SSSR count). The van der Waals surface area contributed by atoms with Gasteiger partial charge in [-0.25, -0.2) is 4.79 Å². The van der Waals surface area contributed by atoms with Gasteiger partial charge in [-0.05, 0) is 30.5 Å². The zero-order valence-electron chi connectivity index (χ0n) is 16.1. The van der Waals surface area contributed by atoms with Gasteiger partial charge in [0, 0.05) is 5.56 Å². The average molecular weight is 411 g/mol. The van der Waals surface area contributed by atoms with Crippen molar-refractivity contribution in [3.8, 4) is 0 Å². The second-order valence-corrected chi connectivity index (χ2v) is 6.90. The minimum Gasteiger partial charge on any atom is -0.465 e. The molecule has 0 unspecified atom stereocenters. The van der Waals surface area contributed by atoms with Gasteiger partial charge in [0.15, 0.2) is 5.78 Å². The van der Waals surface area contributed by atoms with Crippen LogP contribution in [0, 0.1) is 6.92 Å². The van der Waals surface area contributed by atoms with Gasteiger partial charge < -0.3 is 9.14 Å². The fourth-order valence-corrected chi connectivity index (χ4v) is 3.73. The summed E-state index contributed by atoms with van der Waals surface area (Å²) in [4.78, 5) is 25.9. The number of aryl methyl sites for hydroxylation is 1. The van der Waals surface area contributed by atoms with Gasteiger partial charge in [-0.15, -0.1) is 0 Å². The molecule has 0 saturated carbocycles. The van der Waals surface area contributed by atoms with Crippen molar-refractivity contribution >= 4 is 28.2 Å². The number of halogens is 3. The second-order valence-electron chi connectivity index (χ2n) is 6.90. The van der Waals surface area contributed by atoms with E-state index >= 15 is 0 Å². The number of ether oxygens (including phenoxy) is 1. The summed E-state index contributed by atoms with van der Waals surface area (Å²) in [6.45, 7) is 1.77. The summed E-state index contributed by atoms with van der Waals surface area (Å²) in [6.07, 6.45) is -4.90. The predicted molar refractivity (Wildman–Crippen MR) is 106 cm³/mol. The van der Waals surface area contributed by atoms with Crippen LogP contribution in [0.2, 0.25) is 0 Å². The van der Waals surface area contributed by atoms with Gasteiger partial charge in [-0.1, -0.05) is 48.0 Å². The van der Waals surface area contributed by atoms with Crippen LogP contribution in [0.25, 0.3) is 16.4 Å². The topological polar surface area (TPSA) is 47.8 Å². The zero-order chi connectivity index (χ0) is 21.6. The number of aromatic nitrogens is 1. The fourth-order valence-electron chi connectivity index (χ4n) is 3.73. The Kier molecular flexibility index (Phi) is 4.61. The standard InChI is InChI=1S/C23H16F3NO3/c1-13-6-5-8-15(12-13)20(28)18-17-11-10-14-7-3-4-9-16(14)27(17)21(23(24,25)26)19(18)22(29)30-2/h3-12H,1-2H3. The molecule has 4 nitrogen and oxygen atoms in total. The molecule has 0 bridgehead atoms. The molecule has 0 fully saturated rings. The van der Waals surface area contributed by atoms with E-state index in [-0.39, 0.29) is 22.2 Å². The van der Waals surface area contributed by atoms with Crippen molar-refractivity contribution in [3.63, 3.8) is 0 Å². The van der Waals surface area contributed by atoms with E-state index in [0.29, 0.717) is 5.39 Å². The van der Waals surface area contributed by atoms with Crippen LogP contribution in [0.1, 0.15) is 37.5 Å². The number of alkyl halides is 3. The van der Waals surface area contributed by atoms with Crippen LogP contribution >= 0.6 is 0 Å². The summed E-state index contributed by atoms with van der Waals surface area (Å²) in [6, 6.07) is 16.0. The molecule has 0 radical (unpaired) electrons. The van der Waals surface area contributed by atoms with E-state index in [1.165, 1.54) is 18.2 Å². The van der Waals surface area contributed by atoms with Crippen molar-refractivity contribution in [2.75, 3.05) is 7.11 Å². The first kappa shape index (κ1) is 19.7. The van der Waals surface area contributed by atoms with Crippen LogP contribution in [-0.4, -0.2) is 23.3 Å². The molecule has 2 aromatic heterocycles. The molecule has 0 N–H and O–H groups in total. The number of hydrogen-bond donors (Lipinski definition) is 0. The van der Waals surface area contributed by atoms with Gasteiger partial charge >= 0.3 is 12.1 Å². The highest BCUT2D eigenvalue weighted by Gasteiger charge is 2.43. The van der Waals surface area contributed by atoms with Gasteiger partial charge in [0.25, 0.3) is 0 Å². The maximum Gasteiger partial charge on any atom is 0.432 e. The van der Waals surface area contributed by atoms with Gasteiger partial charge in [-0.3, -0.25) is 4.79 Å². The molecule has 0 spiro atoms. The smallest absolute Gasteiger partial charge is 0.432 e. The molecule has 0 aliphatic heterocycles. The lowest BCUT2D eigenvalue weighted by molar-refractivity contribution is -0.142. The SMILES string of the molecule is COC(=O)c1c(C(=O)c2cccc(C)c2)c2ccc3ccccc3n2c1C(F)(F)F. The number of methoxy groups -OCH3 is 1. The van der Waals surface area contributed by atoms with Crippen LogP contribution < -0.4 is 0 Å². The van der Waals surface area contributed by atoms with Crippen molar-refractivity contribution in [2.45, 2.75) is 13.1 Å². The van der Waals surface area contributed by atoms with Crippen molar-refractivity contribution in [1.29, 1.82) is 0 Å². The number of benzene rings is 2. The number of nitrogens with zero attached hydrogens (tertiary/aromatic N) is 1. The van der Waals surface area contributed by atoms with Gasteiger partial charge in [-0.2, -0.15) is 13.2 Å². The largest absolute Gasteiger partial charge is 0.465 e. The number of carbonyl (C=O) groups is 2. The Morgan fingerprint density at radius 2 is 1.63 bits per heavy atom. The number of para-hydroxylation sites is 1. The minimum absolute atomic E-state index is 0.00655. The lowest BCUT2D eigenvalue weighted by atomic mass is 9.98. The van der Waals surface area contributed by atoms with E-state index in [1.54, 1.807) is 49.4 Å². The number of esters is 1. The average Bonchev–Trinajstić information content (AvgIpc) is 3.08. The lowest BCUT2D eigenvalue weighted by Crippen LogP contribution is -2.17. The normalized spacial score (nSPS) is 11.8. The molecule has 2 aromatic carbocycles. The summed E-state index contributed by atoms with van der Waals surface area (Å²) in [5.74, 6) is -1.89. The van der Waals surface area contributed by atoms with E-state index in [4.69, 9.17) is 0 Å². The van der Waals surface area contributed by atoms with Gasteiger partial charge in [0.2, 0.25) is 0 Å². The Labute approximate surface area is 169 Å². The van der Waals surface area contributed by atoms with Crippen LogP contribution in [0.3, 0.4) is 0 Å². The third-order valence-electron chi connectivity index (χ3n) is 4.97. The number of ketones is 1. The molecule has 0 aliphatic rings. The van der Waals surface area contributed by atoms with Crippen molar-refractivity contribution in [1.82, 2.24) is 4.40 Å². The lowest BCUT2D eigenvalue weighted by Gasteiger charge is -2.11. The van der Waals surface area contributed by atoms with E-state index in [0.717, 1.165) is 17.1 Å². The van der Waals surface area contributed by atoms with Crippen molar-refractivity contribution in [2.24, 2.45) is 0 Å². The first-order valence-electron chi connectivity index (χ1n) is 9.07. The van der Waals surface area contributed by atoms with Crippen molar-refractivity contribution in [3.05, 3.63) is 88.6 Å². The highest BCUT2D eigenvalue weighted by molar-refractivity contribution is 6.20. The number of pyridine rings is 1. The minimum atomic E-state index is -4.90. The summed E-state index contributed by atoms with van der Waals surface area (Å²) >= 11 is 0. The third-order valence-corrected chi connectivity index (χ3v) is 4.97. The number of hydrogen-bond acceptors (Lipinski definition) is 3. The summed E-state index contributed by atoms with van der Waals surface area (Å²) in [5.41, 5.74) is -1.15. The number of carbonyl (C=O) groups excluding carboxylic acids is 2. The molecule has 4 aromatic rings. The molecule has 30 heavy (non-hydrogen) atoms. The highest BCUT2D eigenvalue weighted by Crippen LogP contribution is 2.40. The maximum absolute atomic E-state index is 14.2. The summed E-state index contributed by atoms with van der Waals surface area (Å²) < 4.78 is 48.2. The van der Waals surface area contributed by atoms with Crippen LogP contribution in [0.4, 0.5) is 13.2 Å². The molecule has 0 aliphatic carbocycles. The molecule has 2 heterocycles. The van der Waals surface area contributed by atoms with Gasteiger partial charge in [0.05, 0.1) is 23.7 Å².